The summed E-state index contributed by atoms with van der Waals surface area (Å²) in [4.78, 5) is 13.6. The van der Waals surface area contributed by atoms with Gasteiger partial charge in [-0.3, -0.25) is 0 Å². The molecule has 110 valence electrons. The van der Waals surface area contributed by atoms with Gasteiger partial charge in [0.1, 0.15) is 11.6 Å². The van der Waals surface area contributed by atoms with Crippen LogP contribution < -0.4 is 15.8 Å². The second-order valence-corrected chi connectivity index (χ2v) is 4.08. The van der Waals surface area contributed by atoms with Crippen molar-refractivity contribution in [3.05, 3.63) is 24.3 Å². The maximum atomic E-state index is 12.0. The number of hydrogen-bond acceptors (Lipinski definition) is 4. The normalized spacial score (nSPS) is 11.0. The Bertz CT molecular complexity index is 459. The highest BCUT2D eigenvalue weighted by atomic mass is 16.5. The van der Waals surface area contributed by atoms with Crippen molar-refractivity contribution in [2.75, 3.05) is 25.5 Å². The third-order valence-electron chi connectivity index (χ3n) is 2.78. The van der Waals surface area contributed by atoms with Crippen molar-refractivity contribution in [1.82, 2.24) is 4.90 Å². The molecule has 0 saturated heterocycles. The topological polar surface area (TPSA) is 100 Å². The quantitative estimate of drug-likeness (QED) is 0.319. The fraction of sp³-hybridized carbons (Fsp3) is 0.385. The number of hydrogen-bond donors (Lipinski definition) is 3. The van der Waals surface area contributed by atoms with Crippen LogP contribution in [0.3, 0.4) is 0 Å². The van der Waals surface area contributed by atoms with Gasteiger partial charge < -0.3 is 25.9 Å². The predicted octanol–water partition coefficient (Wildman–Crippen LogP) is 1.69. The molecule has 0 bridgehead atoms. The van der Waals surface area contributed by atoms with Gasteiger partial charge in [-0.25, -0.2) is 4.79 Å². The number of nitrogens with one attached hydrogen (secondary N) is 1. The minimum absolute atomic E-state index is 0.0979. The van der Waals surface area contributed by atoms with Crippen LogP contribution in [0.25, 0.3) is 0 Å². The smallest absolute Gasteiger partial charge is 0.321 e. The zero-order valence-corrected chi connectivity index (χ0v) is 11.7. The van der Waals surface area contributed by atoms with Gasteiger partial charge in [-0.1, -0.05) is 5.16 Å². The second kappa shape index (κ2) is 7.88. The van der Waals surface area contributed by atoms with Crippen molar-refractivity contribution in [2.45, 2.75) is 13.3 Å². The first-order valence-electron chi connectivity index (χ1n) is 6.27. The summed E-state index contributed by atoms with van der Waals surface area (Å²) in [5.74, 6) is 0.822. The number of ether oxygens (including phenoxy) is 1. The van der Waals surface area contributed by atoms with E-state index in [9.17, 15) is 4.79 Å². The number of methoxy groups -OCH3 is 1. The van der Waals surface area contributed by atoms with Crippen LogP contribution in [0, 0.1) is 0 Å². The van der Waals surface area contributed by atoms with Crippen molar-refractivity contribution in [2.24, 2.45) is 10.9 Å². The Morgan fingerprint density at radius 2 is 2.10 bits per heavy atom. The van der Waals surface area contributed by atoms with Gasteiger partial charge in [-0.2, -0.15) is 0 Å². The van der Waals surface area contributed by atoms with Crippen molar-refractivity contribution < 1.29 is 14.7 Å². The Hall–Kier alpha value is -2.44. The molecule has 2 amide bonds. The Morgan fingerprint density at radius 3 is 2.60 bits per heavy atom. The molecule has 0 spiro atoms. The first-order chi connectivity index (χ1) is 9.60. The molecule has 0 aliphatic heterocycles. The van der Waals surface area contributed by atoms with E-state index in [-0.39, 0.29) is 11.9 Å². The van der Waals surface area contributed by atoms with Crippen molar-refractivity contribution in [3.63, 3.8) is 0 Å². The summed E-state index contributed by atoms with van der Waals surface area (Å²) >= 11 is 0. The number of urea groups is 1. The Morgan fingerprint density at radius 1 is 1.45 bits per heavy atom. The number of amides is 2. The highest BCUT2D eigenvalue weighted by Crippen LogP contribution is 2.15. The molecular formula is C13H20N4O3. The molecule has 0 heterocycles. The van der Waals surface area contributed by atoms with Crippen LogP contribution >= 0.6 is 0 Å². The molecule has 1 aromatic carbocycles. The molecule has 1 aromatic rings. The Kier molecular flexibility index (Phi) is 6.15. The van der Waals surface area contributed by atoms with E-state index in [1.54, 1.807) is 36.3 Å². The minimum Gasteiger partial charge on any atom is -0.497 e. The van der Waals surface area contributed by atoms with Crippen LogP contribution in [-0.4, -0.2) is 42.2 Å². The van der Waals surface area contributed by atoms with Gasteiger partial charge in [-0.15, -0.1) is 0 Å². The summed E-state index contributed by atoms with van der Waals surface area (Å²) in [5, 5.41) is 14.1. The fourth-order valence-corrected chi connectivity index (χ4v) is 1.58. The molecule has 7 heteroatoms. The average Bonchev–Trinajstić information content (AvgIpc) is 2.48. The molecule has 20 heavy (non-hydrogen) atoms. The molecule has 0 aliphatic rings. The summed E-state index contributed by atoms with van der Waals surface area (Å²) in [5.41, 5.74) is 6.07. The minimum atomic E-state index is -0.233. The number of anilines is 1. The van der Waals surface area contributed by atoms with Crippen LogP contribution in [0.5, 0.6) is 5.75 Å². The number of carbonyl (C=O) groups excluding carboxylic acids is 1. The first-order valence-corrected chi connectivity index (χ1v) is 6.27. The summed E-state index contributed by atoms with van der Waals surface area (Å²) in [6.07, 6.45) is 0.320. The second-order valence-electron chi connectivity index (χ2n) is 4.08. The van der Waals surface area contributed by atoms with E-state index < -0.39 is 0 Å². The number of amidine groups is 1. The molecule has 0 aliphatic carbocycles. The summed E-state index contributed by atoms with van der Waals surface area (Å²) in [7, 11) is 1.58. The van der Waals surface area contributed by atoms with E-state index >= 15 is 0 Å². The van der Waals surface area contributed by atoms with Gasteiger partial charge >= 0.3 is 6.03 Å². The van der Waals surface area contributed by atoms with E-state index in [1.165, 1.54) is 0 Å². The Balaban J connectivity index is 2.57. The molecule has 0 saturated carbocycles. The molecule has 0 atom stereocenters. The average molecular weight is 280 g/mol. The third-order valence-corrected chi connectivity index (χ3v) is 2.78. The maximum absolute atomic E-state index is 12.0. The zero-order chi connectivity index (χ0) is 15.0. The van der Waals surface area contributed by atoms with Crippen LogP contribution in [0.15, 0.2) is 29.4 Å². The lowest BCUT2D eigenvalue weighted by Gasteiger charge is -2.21. The molecule has 7 nitrogen and oxygen atoms in total. The van der Waals surface area contributed by atoms with E-state index in [1.807, 2.05) is 6.92 Å². The standard InChI is InChI=1S/C13H20N4O3/c1-3-17(9-8-12(14)16-19)13(18)15-10-4-6-11(20-2)7-5-10/h4-7,19H,3,8-9H2,1-2H3,(H2,14,16)(H,15,18). The van der Waals surface area contributed by atoms with Gasteiger partial charge in [0.15, 0.2) is 0 Å². The largest absolute Gasteiger partial charge is 0.497 e. The van der Waals surface area contributed by atoms with Gasteiger partial charge in [0.05, 0.1) is 7.11 Å². The number of benzene rings is 1. The number of rotatable bonds is 6. The van der Waals surface area contributed by atoms with E-state index in [4.69, 9.17) is 15.7 Å². The van der Waals surface area contributed by atoms with Gasteiger partial charge in [-0.05, 0) is 31.2 Å². The molecule has 0 aromatic heterocycles. The number of carbonyl (C=O) groups is 1. The first kappa shape index (κ1) is 15.6. The lowest BCUT2D eigenvalue weighted by molar-refractivity contribution is 0.215. The van der Waals surface area contributed by atoms with Crippen LogP contribution in [0.4, 0.5) is 10.5 Å². The van der Waals surface area contributed by atoms with E-state index in [0.29, 0.717) is 25.2 Å². The lowest BCUT2D eigenvalue weighted by atomic mass is 10.3. The molecule has 4 N–H and O–H groups in total. The van der Waals surface area contributed by atoms with Crippen molar-refractivity contribution >= 4 is 17.6 Å². The van der Waals surface area contributed by atoms with Crippen LogP contribution in [0.2, 0.25) is 0 Å². The molecular weight excluding hydrogens is 260 g/mol. The number of nitrogens with zero attached hydrogens (tertiary/aromatic N) is 2. The monoisotopic (exact) mass is 280 g/mol. The maximum Gasteiger partial charge on any atom is 0.321 e. The summed E-state index contributed by atoms with van der Waals surface area (Å²) in [6, 6.07) is 6.82. The lowest BCUT2D eigenvalue weighted by Crippen LogP contribution is -2.37. The van der Waals surface area contributed by atoms with E-state index in [2.05, 4.69) is 10.5 Å². The molecule has 1 rings (SSSR count). The fourth-order valence-electron chi connectivity index (χ4n) is 1.58. The van der Waals surface area contributed by atoms with Gasteiger partial charge in [0.2, 0.25) is 0 Å². The van der Waals surface area contributed by atoms with Gasteiger partial charge in [0.25, 0.3) is 0 Å². The molecule has 0 radical (unpaired) electrons. The van der Waals surface area contributed by atoms with E-state index in [0.717, 1.165) is 5.75 Å². The summed E-state index contributed by atoms with van der Waals surface area (Å²) in [6.45, 7) is 2.77. The summed E-state index contributed by atoms with van der Waals surface area (Å²) < 4.78 is 5.05. The molecule has 0 unspecified atom stereocenters. The third kappa shape index (κ3) is 4.68. The van der Waals surface area contributed by atoms with Gasteiger partial charge in [0, 0.05) is 25.2 Å². The van der Waals surface area contributed by atoms with Crippen molar-refractivity contribution in [3.8, 4) is 5.75 Å². The SMILES string of the molecule is CCN(CCC(N)=NO)C(=O)Nc1ccc(OC)cc1. The van der Waals surface area contributed by atoms with Crippen LogP contribution in [0.1, 0.15) is 13.3 Å². The highest BCUT2D eigenvalue weighted by molar-refractivity contribution is 5.89. The number of nitrogens with two attached hydrogens (primary N) is 1. The van der Waals surface area contributed by atoms with Crippen molar-refractivity contribution in [1.29, 1.82) is 0 Å². The number of oxime groups is 1. The highest BCUT2D eigenvalue weighted by Gasteiger charge is 2.12. The predicted molar refractivity (Wildman–Crippen MR) is 77.3 cm³/mol. The van der Waals surface area contributed by atoms with Crippen LogP contribution in [-0.2, 0) is 0 Å². The zero-order valence-electron chi connectivity index (χ0n) is 11.7. The Labute approximate surface area is 118 Å². The molecule has 0 fully saturated rings.